The second-order valence-corrected chi connectivity index (χ2v) is 5.48. The van der Waals surface area contributed by atoms with E-state index >= 15 is 0 Å². The number of aliphatic carboxylic acids is 1. The van der Waals surface area contributed by atoms with Gasteiger partial charge in [-0.2, -0.15) is 0 Å². The van der Waals surface area contributed by atoms with Gasteiger partial charge in [0.15, 0.2) is 11.5 Å². The third kappa shape index (κ3) is 1.77. The number of hydrogen-bond acceptors (Lipinski definition) is 6. The van der Waals surface area contributed by atoms with Gasteiger partial charge in [0.25, 0.3) is 0 Å². The second-order valence-electron chi connectivity index (χ2n) is 4.01. The summed E-state index contributed by atoms with van der Waals surface area (Å²) in [5.41, 5.74) is 5.33. The van der Waals surface area contributed by atoms with Crippen LogP contribution in [0.3, 0.4) is 0 Å². The topological polar surface area (TPSA) is 110 Å². The molecule has 2 heterocycles. The van der Waals surface area contributed by atoms with Crippen LogP contribution in [0.4, 0.5) is 0 Å². The van der Waals surface area contributed by atoms with Crippen molar-refractivity contribution in [3.05, 3.63) is 11.5 Å². The molecule has 0 radical (unpaired) electrons. The number of carbonyl (C=O) groups excluding carboxylic acids is 2. The van der Waals surface area contributed by atoms with Crippen molar-refractivity contribution in [3.63, 3.8) is 0 Å². The maximum Gasteiger partial charge on any atom is 0.356 e. The number of amides is 1. The van der Waals surface area contributed by atoms with E-state index < -0.39 is 29.3 Å². The Morgan fingerprint density at radius 3 is 2.61 bits per heavy atom. The Balaban J connectivity index is 2.45. The molecule has 1 unspecified atom stereocenters. The van der Waals surface area contributed by atoms with Crippen LogP contribution >= 0.6 is 11.8 Å². The first kappa shape index (κ1) is 12.9. The molecule has 1 saturated heterocycles. The van der Waals surface area contributed by atoms with E-state index in [1.807, 2.05) is 0 Å². The molecule has 0 aromatic rings. The number of nitrogens with zero attached hydrogens (tertiary/aromatic N) is 1. The van der Waals surface area contributed by atoms with Crippen molar-refractivity contribution < 1.29 is 24.2 Å². The molecular weight excluding hydrogens is 260 g/mol. The summed E-state index contributed by atoms with van der Waals surface area (Å²) in [7, 11) is 0. The Labute approximate surface area is 107 Å². The Morgan fingerprint density at radius 1 is 1.50 bits per heavy atom. The Bertz CT molecular complexity index is 475. The summed E-state index contributed by atoms with van der Waals surface area (Å²) in [5.74, 6) is -2.39. The Hall–Kier alpha value is -1.54. The molecule has 2 aliphatic rings. The first-order valence-electron chi connectivity index (χ1n) is 5.24. The zero-order chi connectivity index (χ0) is 13.6. The fraction of sp³-hybridized carbons (Fsp3) is 0.500. The van der Waals surface area contributed by atoms with Gasteiger partial charge in [0.2, 0.25) is 5.91 Å². The number of rotatable bonds is 2. The van der Waals surface area contributed by atoms with E-state index in [1.165, 1.54) is 18.7 Å². The highest BCUT2D eigenvalue weighted by Crippen LogP contribution is 2.43. The minimum absolute atomic E-state index is 0.00324. The van der Waals surface area contributed by atoms with E-state index in [0.29, 0.717) is 0 Å². The van der Waals surface area contributed by atoms with Gasteiger partial charge in [-0.1, -0.05) is 0 Å². The molecule has 8 heteroatoms. The molecule has 98 valence electrons. The predicted octanol–water partition coefficient (Wildman–Crippen LogP) is -0.523. The van der Waals surface area contributed by atoms with Crippen LogP contribution in [0.5, 0.6) is 0 Å². The zero-order valence-electron chi connectivity index (χ0n) is 9.75. The third-order valence-corrected chi connectivity index (χ3v) is 4.13. The second kappa shape index (κ2) is 4.29. The lowest BCUT2D eigenvalue weighted by Crippen LogP contribution is -2.69. The SMILES string of the molecule is CC(=O)OC1=C(C(=O)O)N2C(=O)[C@@H](N)[C@H]2SC1C. The lowest BCUT2D eigenvalue weighted by Gasteiger charge is -2.48. The molecule has 0 aromatic carbocycles. The number of nitrogens with two attached hydrogens (primary N) is 1. The quantitative estimate of drug-likeness (QED) is 0.514. The van der Waals surface area contributed by atoms with Gasteiger partial charge in [0.1, 0.15) is 11.4 Å². The van der Waals surface area contributed by atoms with Crippen molar-refractivity contribution in [3.8, 4) is 0 Å². The van der Waals surface area contributed by atoms with Crippen LogP contribution in [0, 0.1) is 0 Å². The molecule has 2 rings (SSSR count). The molecule has 2 aliphatic heterocycles. The van der Waals surface area contributed by atoms with Crippen molar-refractivity contribution in [2.24, 2.45) is 5.73 Å². The molecular formula is C10H12N2O5S. The minimum atomic E-state index is -1.30. The van der Waals surface area contributed by atoms with Crippen LogP contribution < -0.4 is 5.73 Å². The number of ether oxygens (including phenoxy) is 1. The van der Waals surface area contributed by atoms with Gasteiger partial charge in [-0.3, -0.25) is 14.5 Å². The van der Waals surface area contributed by atoms with E-state index in [9.17, 15) is 19.5 Å². The summed E-state index contributed by atoms with van der Waals surface area (Å²) in [5, 5.41) is 8.42. The first-order chi connectivity index (χ1) is 8.34. The van der Waals surface area contributed by atoms with Gasteiger partial charge in [0, 0.05) is 6.92 Å². The smallest absolute Gasteiger partial charge is 0.356 e. The molecule has 3 N–H and O–H groups in total. The van der Waals surface area contributed by atoms with Crippen LogP contribution in [-0.4, -0.2) is 44.5 Å². The molecule has 7 nitrogen and oxygen atoms in total. The zero-order valence-corrected chi connectivity index (χ0v) is 10.6. The van der Waals surface area contributed by atoms with E-state index in [2.05, 4.69) is 0 Å². The van der Waals surface area contributed by atoms with Gasteiger partial charge >= 0.3 is 11.9 Å². The lowest BCUT2D eigenvalue weighted by molar-refractivity contribution is -0.149. The number of carbonyl (C=O) groups is 3. The van der Waals surface area contributed by atoms with Crippen molar-refractivity contribution in [2.75, 3.05) is 0 Å². The third-order valence-electron chi connectivity index (χ3n) is 2.73. The summed E-state index contributed by atoms with van der Waals surface area (Å²) in [4.78, 5) is 34.9. The molecule has 0 saturated carbocycles. The van der Waals surface area contributed by atoms with Crippen LogP contribution in [0.2, 0.25) is 0 Å². The molecule has 3 atom stereocenters. The van der Waals surface area contributed by atoms with Crippen LogP contribution in [-0.2, 0) is 19.1 Å². The molecule has 0 aromatic heterocycles. The highest BCUT2D eigenvalue weighted by atomic mass is 32.2. The van der Waals surface area contributed by atoms with Crippen molar-refractivity contribution in [2.45, 2.75) is 30.5 Å². The number of carboxylic acid groups (broad SMARTS) is 1. The van der Waals surface area contributed by atoms with Gasteiger partial charge < -0.3 is 15.6 Å². The highest BCUT2D eigenvalue weighted by molar-refractivity contribution is 8.00. The fourth-order valence-electron chi connectivity index (χ4n) is 1.95. The van der Waals surface area contributed by atoms with Gasteiger partial charge in [-0.15, -0.1) is 11.8 Å². The van der Waals surface area contributed by atoms with Crippen molar-refractivity contribution >= 4 is 29.6 Å². The number of hydrogen-bond donors (Lipinski definition) is 2. The number of fused-ring (bicyclic) bond motifs is 1. The molecule has 0 spiro atoms. The number of β-lactam (4-membered cyclic amide) rings is 1. The van der Waals surface area contributed by atoms with Gasteiger partial charge in [0.05, 0.1) is 5.25 Å². The standard InChI is InChI=1S/C10H12N2O5S/c1-3-7(17-4(2)13)6(10(15)16)12-8(14)5(11)9(12)18-3/h3,5,9H,11H2,1-2H3,(H,15,16)/t3?,5-,9-/m1/s1. The number of thioether (sulfide) groups is 1. The van der Waals surface area contributed by atoms with Crippen LogP contribution in [0.15, 0.2) is 11.5 Å². The Kier molecular flexibility index (Phi) is 3.07. The molecule has 0 bridgehead atoms. The molecule has 1 fully saturated rings. The molecule has 1 amide bonds. The summed E-state index contributed by atoms with van der Waals surface area (Å²) >= 11 is 1.30. The maximum atomic E-state index is 11.6. The predicted molar refractivity (Wildman–Crippen MR) is 62.1 cm³/mol. The minimum Gasteiger partial charge on any atom is -0.476 e. The fourth-order valence-corrected chi connectivity index (χ4v) is 3.26. The summed E-state index contributed by atoms with van der Waals surface area (Å²) in [6.45, 7) is 2.89. The van der Waals surface area contributed by atoms with Crippen LogP contribution in [0.25, 0.3) is 0 Å². The van der Waals surface area contributed by atoms with Crippen molar-refractivity contribution in [1.82, 2.24) is 4.90 Å². The van der Waals surface area contributed by atoms with Gasteiger partial charge in [-0.25, -0.2) is 4.79 Å². The van der Waals surface area contributed by atoms with Gasteiger partial charge in [-0.05, 0) is 6.92 Å². The Morgan fingerprint density at radius 2 is 2.11 bits per heavy atom. The monoisotopic (exact) mass is 272 g/mol. The number of esters is 1. The average Bonchev–Trinajstić information content (AvgIpc) is 2.29. The summed E-state index contributed by atoms with van der Waals surface area (Å²) in [6.07, 6.45) is 0. The number of carboxylic acids is 1. The van der Waals surface area contributed by atoms with E-state index in [4.69, 9.17) is 10.5 Å². The van der Waals surface area contributed by atoms with E-state index in [1.54, 1.807) is 6.92 Å². The largest absolute Gasteiger partial charge is 0.476 e. The average molecular weight is 272 g/mol. The van der Waals surface area contributed by atoms with E-state index in [-0.39, 0.29) is 16.7 Å². The molecule has 0 aliphatic carbocycles. The first-order valence-corrected chi connectivity index (χ1v) is 6.19. The highest BCUT2D eigenvalue weighted by Gasteiger charge is 2.54. The molecule has 18 heavy (non-hydrogen) atoms. The summed E-state index contributed by atoms with van der Waals surface area (Å²) in [6, 6.07) is -0.703. The normalized spacial score (nSPS) is 30.7. The maximum absolute atomic E-state index is 11.6. The van der Waals surface area contributed by atoms with Crippen LogP contribution in [0.1, 0.15) is 13.8 Å². The lowest BCUT2D eigenvalue weighted by atomic mass is 10.1. The van der Waals surface area contributed by atoms with Crippen molar-refractivity contribution in [1.29, 1.82) is 0 Å². The summed E-state index contributed by atoms with van der Waals surface area (Å²) < 4.78 is 4.92. The van der Waals surface area contributed by atoms with E-state index in [0.717, 1.165) is 4.90 Å².